The predicted octanol–water partition coefficient (Wildman–Crippen LogP) is 4.99. The van der Waals surface area contributed by atoms with Crippen LogP contribution in [0.2, 0.25) is 10.0 Å². The van der Waals surface area contributed by atoms with Gasteiger partial charge in [-0.25, -0.2) is 4.79 Å². The third kappa shape index (κ3) is 5.89. The van der Waals surface area contributed by atoms with Crippen LogP contribution in [0.15, 0.2) is 66.7 Å². The Kier molecular flexibility index (Phi) is 7.17. The largest absolute Gasteiger partial charge is 0.488 e. The smallest absolute Gasteiger partial charge is 0.316 e. The van der Waals surface area contributed by atoms with Gasteiger partial charge in [0.2, 0.25) is 0 Å². The summed E-state index contributed by atoms with van der Waals surface area (Å²) < 4.78 is 5.83. The van der Waals surface area contributed by atoms with Crippen molar-refractivity contribution in [2.75, 3.05) is 5.32 Å². The van der Waals surface area contributed by atoms with Gasteiger partial charge >= 0.3 is 6.03 Å². The first-order valence-electron chi connectivity index (χ1n) is 9.02. The molecule has 0 bridgehead atoms. The molecule has 3 amide bonds. The second-order valence-corrected chi connectivity index (χ2v) is 7.23. The minimum Gasteiger partial charge on any atom is -0.488 e. The summed E-state index contributed by atoms with van der Waals surface area (Å²) in [6, 6.07) is 18.5. The maximum atomic E-state index is 12.7. The number of anilines is 1. The summed E-state index contributed by atoms with van der Waals surface area (Å²) in [6.07, 6.45) is 0. The summed E-state index contributed by atoms with van der Waals surface area (Å²) in [4.78, 5) is 23.5. The predicted molar refractivity (Wildman–Crippen MR) is 118 cm³/mol. The van der Waals surface area contributed by atoms with Crippen LogP contribution in [0, 0.1) is 0 Å². The number of rotatable bonds is 7. The Hall–Kier alpha value is -3.22. The highest BCUT2D eigenvalue weighted by Crippen LogP contribution is 2.24. The molecule has 0 spiro atoms. The molecule has 3 aromatic carbocycles. The van der Waals surface area contributed by atoms with E-state index in [0.717, 1.165) is 11.1 Å². The third-order valence-electron chi connectivity index (χ3n) is 4.20. The number of ether oxygens (including phenoxy) is 1. The van der Waals surface area contributed by atoms with E-state index in [2.05, 4.69) is 10.6 Å². The first-order chi connectivity index (χ1) is 14.4. The number of carbonyl (C=O) groups is 2. The van der Waals surface area contributed by atoms with Crippen LogP contribution in [0.3, 0.4) is 0 Å². The summed E-state index contributed by atoms with van der Waals surface area (Å²) in [5.41, 5.74) is 7.71. The minimum atomic E-state index is -0.632. The molecule has 154 valence electrons. The van der Waals surface area contributed by atoms with Crippen LogP contribution in [0.4, 0.5) is 10.5 Å². The number of nitrogens with two attached hydrogens (primary N) is 1. The Balaban J connectivity index is 1.63. The lowest BCUT2D eigenvalue weighted by Crippen LogP contribution is -2.23. The number of urea groups is 1. The van der Waals surface area contributed by atoms with E-state index in [9.17, 15) is 9.59 Å². The molecule has 0 atom stereocenters. The van der Waals surface area contributed by atoms with Crippen LogP contribution in [0.25, 0.3) is 0 Å². The molecule has 0 radical (unpaired) electrons. The molecule has 0 aliphatic rings. The van der Waals surface area contributed by atoms with E-state index >= 15 is 0 Å². The number of carbonyl (C=O) groups excluding carboxylic acids is 2. The quantitative estimate of drug-likeness (QED) is 0.479. The second-order valence-electron chi connectivity index (χ2n) is 6.39. The van der Waals surface area contributed by atoms with Crippen molar-refractivity contribution in [3.05, 3.63) is 93.5 Å². The fourth-order valence-electron chi connectivity index (χ4n) is 2.70. The molecule has 6 nitrogen and oxygen atoms in total. The minimum absolute atomic E-state index is 0.203. The molecule has 0 fully saturated rings. The normalized spacial score (nSPS) is 10.3. The van der Waals surface area contributed by atoms with Crippen molar-refractivity contribution >= 4 is 40.8 Å². The van der Waals surface area contributed by atoms with Crippen LogP contribution >= 0.6 is 23.2 Å². The fourth-order valence-corrected chi connectivity index (χ4v) is 3.16. The van der Waals surface area contributed by atoms with Crippen molar-refractivity contribution in [1.82, 2.24) is 5.32 Å². The van der Waals surface area contributed by atoms with Gasteiger partial charge in [0.1, 0.15) is 12.4 Å². The van der Waals surface area contributed by atoms with Crippen LogP contribution in [-0.2, 0) is 13.2 Å². The average Bonchev–Trinajstić information content (AvgIpc) is 2.72. The molecule has 0 saturated carbocycles. The molecule has 0 aromatic heterocycles. The summed E-state index contributed by atoms with van der Waals surface area (Å²) in [5, 5.41) is 6.38. The highest BCUT2D eigenvalue weighted by Gasteiger charge is 2.13. The lowest BCUT2D eigenvalue weighted by atomic mass is 10.1. The molecule has 30 heavy (non-hydrogen) atoms. The molecule has 0 unspecified atom stereocenters. The van der Waals surface area contributed by atoms with E-state index < -0.39 is 6.03 Å². The Morgan fingerprint density at radius 1 is 0.967 bits per heavy atom. The van der Waals surface area contributed by atoms with Gasteiger partial charge in [-0.1, -0.05) is 53.5 Å². The van der Waals surface area contributed by atoms with Crippen LogP contribution in [-0.4, -0.2) is 11.9 Å². The lowest BCUT2D eigenvalue weighted by Gasteiger charge is -2.13. The SMILES string of the molecule is NC(=O)Nc1ccc(CNC(=O)c2ccccc2OCc2ccc(Cl)cc2Cl)cc1. The average molecular weight is 444 g/mol. The number of halogens is 2. The van der Waals surface area contributed by atoms with Crippen LogP contribution in [0.1, 0.15) is 21.5 Å². The number of benzene rings is 3. The van der Waals surface area contributed by atoms with E-state index in [1.807, 2.05) is 0 Å². The Morgan fingerprint density at radius 3 is 2.40 bits per heavy atom. The standard InChI is InChI=1S/C22H19Cl2N3O3/c23-16-8-7-15(19(24)11-16)13-30-20-4-2-1-3-18(20)21(28)26-12-14-5-9-17(10-6-14)27-22(25)29/h1-11H,12-13H2,(H,26,28)(H3,25,27,29). The van der Waals surface area contributed by atoms with Gasteiger partial charge in [-0.3, -0.25) is 4.79 Å². The first-order valence-corrected chi connectivity index (χ1v) is 9.77. The molecule has 0 aliphatic heterocycles. The second kappa shape index (κ2) is 10.0. The van der Waals surface area contributed by atoms with E-state index in [4.69, 9.17) is 33.7 Å². The highest BCUT2D eigenvalue weighted by atomic mass is 35.5. The van der Waals surface area contributed by atoms with Crippen molar-refractivity contribution in [3.63, 3.8) is 0 Å². The zero-order valence-electron chi connectivity index (χ0n) is 15.8. The molecular weight excluding hydrogens is 425 g/mol. The number of para-hydroxylation sites is 1. The van der Waals surface area contributed by atoms with Crippen molar-refractivity contribution in [3.8, 4) is 5.75 Å². The van der Waals surface area contributed by atoms with Crippen molar-refractivity contribution < 1.29 is 14.3 Å². The molecule has 3 aromatic rings. The van der Waals surface area contributed by atoms with Crippen LogP contribution < -0.4 is 21.1 Å². The summed E-state index contributed by atoms with van der Waals surface area (Å²) >= 11 is 12.1. The molecule has 4 N–H and O–H groups in total. The molecule has 8 heteroatoms. The van der Waals surface area contributed by atoms with Gasteiger partial charge in [0.05, 0.1) is 5.56 Å². The van der Waals surface area contributed by atoms with E-state index in [1.54, 1.807) is 66.7 Å². The van der Waals surface area contributed by atoms with Crippen molar-refractivity contribution in [2.45, 2.75) is 13.2 Å². The number of hydrogen-bond donors (Lipinski definition) is 3. The zero-order valence-corrected chi connectivity index (χ0v) is 17.3. The van der Waals surface area contributed by atoms with Gasteiger partial charge in [-0.15, -0.1) is 0 Å². The first kappa shape index (κ1) is 21.5. The summed E-state index contributed by atoms with van der Waals surface area (Å²) in [7, 11) is 0. The van der Waals surface area contributed by atoms with Gasteiger partial charge < -0.3 is 21.1 Å². The monoisotopic (exact) mass is 443 g/mol. The maximum Gasteiger partial charge on any atom is 0.316 e. The van der Waals surface area contributed by atoms with Crippen LogP contribution in [0.5, 0.6) is 5.75 Å². The van der Waals surface area contributed by atoms with E-state index in [-0.39, 0.29) is 12.5 Å². The van der Waals surface area contributed by atoms with Gasteiger partial charge in [0, 0.05) is 27.8 Å². The molecule has 0 heterocycles. The Bertz CT molecular complexity index is 1060. The fraction of sp³-hybridized carbons (Fsp3) is 0.0909. The lowest BCUT2D eigenvalue weighted by molar-refractivity contribution is 0.0946. The number of nitrogens with one attached hydrogen (secondary N) is 2. The Labute approximate surface area is 183 Å². The number of amides is 3. The molecule has 3 rings (SSSR count). The van der Waals surface area contributed by atoms with Gasteiger partial charge in [-0.2, -0.15) is 0 Å². The van der Waals surface area contributed by atoms with E-state index in [1.165, 1.54) is 0 Å². The number of hydrogen-bond acceptors (Lipinski definition) is 3. The molecule has 0 aliphatic carbocycles. The topological polar surface area (TPSA) is 93.5 Å². The third-order valence-corrected chi connectivity index (χ3v) is 4.79. The van der Waals surface area contributed by atoms with Gasteiger partial charge in [-0.05, 0) is 42.0 Å². The molecular formula is C22H19Cl2N3O3. The maximum absolute atomic E-state index is 12.7. The highest BCUT2D eigenvalue weighted by molar-refractivity contribution is 6.35. The van der Waals surface area contributed by atoms with E-state index in [0.29, 0.717) is 33.6 Å². The van der Waals surface area contributed by atoms with Gasteiger partial charge in [0.15, 0.2) is 0 Å². The molecule has 0 saturated heterocycles. The number of primary amides is 1. The zero-order chi connectivity index (χ0) is 21.5. The summed E-state index contributed by atoms with van der Waals surface area (Å²) in [6.45, 7) is 0.516. The summed E-state index contributed by atoms with van der Waals surface area (Å²) in [5.74, 6) is 0.175. The van der Waals surface area contributed by atoms with Gasteiger partial charge in [0.25, 0.3) is 5.91 Å². The Morgan fingerprint density at radius 2 is 1.70 bits per heavy atom. The van der Waals surface area contributed by atoms with Crippen molar-refractivity contribution in [2.24, 2.45) is 5.73 Å². The van der Waals surface area contributed by atoms with Crippen molar-refractivity contribution in [1.29, 1.82) is 0 Å².